The number of hydrogen-bond acceptors (Lipinski definition) is 5. The van der Waals surface area contributed by atoms with Gasteiger partial charge in [-0.1, -0.05) is 30.3 Å². The Labute approximate surface area is 224 Å². The number of hydrogen-bond donors (Lipinski definition) is 1. The van der Waals surface area contributed by atoms with Crippen molar-refractivity contribution in [2.75, 3.05) is 31.6 Å². The van der Waals surface area contributed by atoms with Crippen molar-refractivity contribution in [2.45, 2.75) is 33.4 Å². The summed E-state index contributed by atoms with van der Waals surface area (Å²) >= 11 is 0. The van der Waals surface area contributed by atoms with Gasteiger partial charge in [-0.2, -0.15) is 12.7 Å². The third-order valence-electron chi connectivity index (χ3n) is 5.82. The van der Waals surface area contributed by atoms with E-state index in [1.807, 2.05) is 39.0 Å². The topological polar surface area (TPSA) is 88.2 Å². The molecule has 0 aliphatic rings. The molecule has 10 heteroatoms. The quantitative estimate of drug-likeness (QED) is 0.350. The fourth-order valence-electron chi connectivity index (χ4n) is 3.77. The fourth-order valence-corrected chi connectivity index (χ4v) is 4.87. The Morgan fingerprint density at radius 2 is 1.58 bits per heavy atom. The van der Waals surface area contributed by atoms with Crippen LogP contribution in [0.1, 0.15) is 48.3 Å². The van der Waals surface area contributed by atoms with Gasteiger partial charge in [-0.25, -0.2) is 4.39 Å². The summed E-state index contributed by atoms with van der Waals surface area (Å²) in [6.45, 7) is 6.56. The second-order valence-electron chi connectivity index (χ2n) is 8.71. The van der Waals surface area contributed by atoms with E-state index in [9.17, 15) is 17.6 Å². The van der Waals surface area contributed by atoms with Crippen LogP contribution in [-0.4, -0.2) is 45.9 Å². The molecule has 8 nitrogen and oxygen atoms in total. The maximum Gasteiger partial charge on any atom is 0.303 e. The molecule has 0 aliphatic carbocycles. The van der Waals surface area contributed by atoms with Crippen molar-refractivity contribution in [3.63, 3.8) is 0 Å². The Morgan fingerprint density at radius 3 is 2.18 bits per heavy atom. The highest BCUT2D eigenvalue weighted by Crippen LogP contribution is 2.31. The van der Waals surface area contributed by atoms with Crippen molar-refractivity contribution >= 4 is 21.8 Å². The summed E-state index contributed by atoms with van der Waals surface area (Å²) in [5.74, 6) is 0.324. The van der Waals surface area contributed by atoms with Gasteiger partial charge in [0.15, 0.2) is 11.5 Å². The maximum atomic E-state index is 14.5. The van der Waals surface area contributed by atoms with Crippen LogP contribution in [0.5, 0.6) is 11.5 Å². The Hall–Kier alpha value is -3.63. The third-order valence-corrected chi connectivity index (χ3v) is 7.62. The number of carbonyl (C=O) groups is 1. The molecule has 3 rings (SSSR count). The molecule has 204 valence electrons. The normalized spacial score (nSPS) is 12.2. The zero-order chi connectivity index (χ0) is 27.9. The number of carbonyl (C=O) groups excluding carboxylic acids is 1. The van der Waals surface area contributed by atoms with Crippen LogP contribution in [0.25, 0.3) is 0 Å². The highest BCUT2D eigenvalue weighted by atomic mass is 32.2. The summed E-state index contributed by atoms with van der Waals surface area (Å²) in [4.78, 5) is 12.9. The molecule has 0 aromatic heterocycles. The van der Waals surface area contributed by atoms with Crippen LogP contribution in [-0.2, 0) is 16.8 Å². The first kappa shape index (κ1) is 28.9. The molecule has 3 aromatic carbocycles. The minimum Gasteiger partial charge on any atom is -0.490 e. The molecule has 0 unspecified atom stereocenters. The number of amides is 1. The molecule has 3 aromatic rings. The monoisotopic (exact) mass is 543 g/mol. The highest BCUT2D eigenvalue weighted by Gasteiger charge is 2.27. The summed E-state index contributed by atoms with van der Waals surface area (Å²) < 4.78 is 53.7. The smallest absolute Gasteiger partial charge is 0.303 e. The van der Waals surface area contributed by atoms with E-state index in [2.05, 4.69) is 5.32 Å². The number of halogens is 1. The van der Waals surface area contributed by atoms with E-state index in [4.69, 9.17) is 9.47 Å². The molecule has 1 amide bonds. The van der Waals surface area contributed by atoms with Crippen LogP contribution in [0.4, 0.5) is 10.1 Å². The van der Waals surface area contributed by atoms with Gasteiger partial charge in [0, 0.05) is 19.7 Å². The molecule has 0 saturated carbocycles. The van der Waals surface area contributed by atoms with Gasteiger partial charge in [0.05, 0.1) is 31.5 Å². The van der Waals surface area contributed by atoms with E-state index in [0.29, 0.717) is 35.8 Å². The van der Waals surface area contributed by atoms with Crippen molar-refractivity contribution < 1.29 is 27.1 Å². The van der Waals surface area contributed by atoms with Gasteiger partial charge >= 0.3 is 10.2 Å². The average Bonchev–Trinajstić information content (AvgIpc) is 2.89. The lowest BCUT2D eigenvalue weighted by atomic mass is 10.1. The molecule has 1 atom stereocenters. The van der Waals surface area contributed by atoms with Crippen molar-refractivity contribution in [1.82, 2.24) is 9.62 Å². The van der Waals surface area contributed by atoms with E-state index in [1.165, 1.54) is 32.3 Å². The number of benzene rings is 3. The third kappa shape index (κ3) is 6.81. The van der Waals surface area contributed by atoms with E-state index < -0.39 is 16.0 Å². The summed E-state index contributed by atoms with van der Waals surface area (Å²) in [6.07, 6.45) is 0. The molecule has 0 fully saturated rings. The van der Waals surface area contributed by atoms with Crippen molar-refractivity contribution in [1.29, 1.82) is 0 Å². The lowest BCUT2D eigenvalue weighted by Gasteiger charge is -2.27. The minimum absolute atomic E-state index is 0.0568. The maximum absolute atomic E-state index is 14.5. The van der Waals surface area contributed by atoms with Gasteiger partial charge in [-0.3, -0.25) is 9.10 Å². The van der Waals surface area contributed by atoms with E-state index in [0.717, 1.165) is 14.2 Å². The first-order chi connectivity index (χ1) is 18.1. The number of nitrogens with zero attached hydrogens (tertiary/aromatic N) is 2. The minimum atomic E-state index is -3.97. The van der Waals surface area contributed by atoms with Gasteiger partial charge in [0.2, 0.25) is 0 Å². The fraction of sp³-hybridized carbons (Fsp3) is 0.321. The molecule has 0 spiro atoms. The van der Waals surface area contributed by atoms with Crippen LogP contribution in [0, 0.1) is 5.82 Å². The standard InChI is InChI=1S/C28H34FN3O5S/c1-6-36-26-17-16-23(18-27(26)37-7-2)20(3)30-28(33)22-14-12-21(13-15-22)19-32(38(34,35)31(4)5)25-11-9-8-10-24(25)29/h8-18,20H,6-7,19H2,1-5H3,(H,30,33)/t20-/m1/s1. The molecule has 0 radical (unpaired) electrons. The largest absolute Gasteiger partial charge is 0.490 e. The predicted octanol–water partition coefficient (Wildman–Crippen LogP) is 4.93. The SMILES string of the molecule is CCOc1ccc([C@@H](C)NC(=O)c2ccc(CN(c3ccccc3F)S(=O)(=O)N(C)C)cc2)cc1OCC. The summed E-state index contributed by atoms with van der Waals surface area (Å²) in [5.41, 5.74) is 1.80. The second-order valence-corrected chi connectivity index (χ2v) is 10.8. The number of ether oxygens (including phenoxy) is 2. The zero-order valence-electron chi connectivity index (χ0n) is 22.3. The number of para-hydroxylation sites is 1. The van der Waals surface area contributed by atoms with Crippen LogP contribution >= 0.6 is 0 Å². The van der Waals surface area contributed by atoms with Gasteiger partial charge in [0.1, 0.15) is 5.82 Å². The summed E-state index contributed by atoms with van der Waals surface area (Å²) in [7, 11) is -1.20. The molecule has 0 bridgehead atoms. The Bertz CT molecular complexity index is 1350. The predicted molar refractivity (Wildman–Crippen MR) is 146 cm³/mol. The Kier molecular flexibility index (Phi) is 9.71. The Morgan fingerprint density at radius 1 is 0.947 bits per heavy atom. The van der Waals surface area contributed by atoms with Crippen LogP contribution in [0.15, 0.2) is 66.7 Å². The van der Waals surface area contributed by atoms with E-state index in [-0.39, 0.29) is 24.2 Å². The van der Waals surface area contributed by atoms with E-state index in [1.54, 1.807) is 30.3 Å². The first-order valence-corrected chi connectivity index (χ1v) is 13.7. The summed E-state index contributed by atoms with van der Waals surface area (Å²) in [6, 6.07) is 17.5. The molecular weight excluding hydrogens is 509 g/mol. The van der Waals surface area contributed by atoms with Crippen LogP contribution in [0.3, 0.4) is 0 Å². The molecule has 38 heavy (non-hydrogen) atoms. The molecule has 1 N–H and O–H groups in total. The molecule has 0 aliphatic heterocycles. The number of rotatable bonds is 12. The van der Waals surface area contributed by atoms with Gasteiger partial charge in [-0.15, -0.1) is 0 Å². The zero-order valence-corrected chi connectivity index (χ0v) is 23.1. The second kappa shape index (κ2) is 12.7. The van der Waals surface area contributed by atoms with Gasteiger partial charge < -0.3 is 14.8 Å². The molecular formula is C28H34FN3O5S. The highest BCUT2D eigenvalue weighted by molar-refractivity contribution is 7.90. The van der Waals surface area contributed by atoms with Crippen LogP contribution < -0.4 is 19.1 Å². The van der Waals surface area contributed by atoms with E-state index >= 15 is 0 Å². The lowest BCUT2D eigenvalue weighted by Crippen LogP contribution is -2.40. The van der Waals surface area contributed by atoms with Crippen molar-refractivity contribution in [3.05, 3.63) is 89.2 Å². The van der Waals surface area contributed by atoms with Crippen molar-refractivity contribution in [3.8, 4) is 11.5 Å². The van der Waals surface area contributed by atoms with Crippen LogP contribution in [0.2, 0.25) is 0 Å². The van der Waals surface area contributed by atoms with Crippen molar-refractivity contribution in [2.24, 2.45) is 0 Å². The molecule has 0 saturated heterocycles. The summed E-state index contributed by atoms with van der Waals surface area (Å²) in [5, 5.41) is 2.97. The number of nitrogens with one attached hydrogen (secondary N) is 1. The number of anilines is 1. The first-order valence-electron chi connectivity index (χ1n) is 12.3. The molecule has 0 heterocycles. The average molecular weight is 544 g/mol. The lowest BCUT2D eigenvalue weighted by molar-refractivity contribution is 0.0939. The van der Waals surface area contributed by atoms with Gasteiger partial charge in [-0.05, 0) is 68.3 Å². The van der Waals surface area contributed by atoms with Gasteiger partial charge in [0.25, 0.3) is 5.91 Å². The Balaban J connectivity index is 1.76.